The molecule has 0 atom stereocenters. The zero-order chi connectivity index (χ0) is 12.1. The van der Waals surface area contributed by atoms with Crippen LogP contribution in [0.1, 0.15) is 18.9 Å². The van der Waals surface area contributed by atoms with Gasteiger partial charge in [0.2, 0.25) is 0 Å². The van der Waals surface area contributed by atoms with Crippen molar-refractivity contribution in [3.05, 3.63) is 42.0 Å². The Hall–Kier alpha value is -1.54. The largest absolute Gasteiger partial charge is 0.493 e. The Morgan fingerprint density at radius 2 is 1.82 bits per heavy atom. The zero-order valence-corrected chi connectivity index (χ0v) is 10.3. The highest BCUT2D eigenvalue weighted by Crippen LogP contribution is 2.29. The van der Waals surface area contributed by atoms with E-state index in [9.17, 15) is 0 Å². The van der Waals surface area contributed by atoms with Gasteiger partial charge >= 0.3 is 0 Å². The molecule has 2 heteroatoms. The fraction of sp³-hybridized carbons (Fsp3) is 0.333. The van der Waals surface area contributed by atoms with Crippen LogP contribution in [0.2, 0.25) is 0 Å². The van der Waals surface area contributed by atoms with Gasteiger partial charge in [-0.2, -0.15) is 0 Å². The van der Waals surface area contributed by atoms with Gasteiger partial charge in [0, 0.05) is 5.39 Å². The maximum absolute atomic E-state index is 5.65. The van der Waals surface area contributed by atoms with Gasteiger partial charge in [-0.3, -0.25) is 0 Å². The van der Waals surface area contributed by atoms with Gasteiger partial charge in [0.25, 0.3) is 0 Å². The van der Waals surface area contributed by atoms with Crippen LogP contribution >= 0.6 is 0 Å². The Balaban J connectivity index is 2.46. The minimum absolute atomic E-state index is 0.701. The maximum Gasteiger partial charge on any atom is 0.127 e. The molecule has 0 radical (unpaired) electrons. The fourth-order valence-electron chi connectivity index (χ4n) is 2.13. The quantitative estimate of drug-likeness (QED) is 0.855. The molecule has 17 heavy (non-hydrogen) atoms. The molecule has 0 aromatic heterocycles. The highest BCUT2D eigenvalue weighted by Gasteiger charge is 2.05. The van der Waals surface area contributed by atoms with E-state index in [2.05, 4.69) is 36.4 Å². The van der Waals surface area contributed by atoms with E-state index >= 15 is 0 Å². The monoisotopic (exact) mass is 229 g/mol. The zero-order valence-electron chi connectivity index (χ0n) is 10.3. The molecule has 0 aliphatic carbocycles. The van der Waals surface area contributed by atoms with Crippen molar-refractivity contribution in [3.63, 3.8) is 0 Å². The number of benzene rings is 2. The SMILES string of the molecule is CCOc1ccc(CCCN)c2ccccc12. The number of ether oxygens (including phenoxy) is 1. The summed E-state index contributed by atoms with van der Waals surface area (Å²) in [5.41, 5.74) is 6.93. The lowest BCUT2D eigenvalue weighted by atomic mass is 10.0. The summed E-state index contributed by atoms with van der Waals surface area (Å²) in [6, 6.07) is 12.6. The van der Waals surface area contributed by atoms with Gasteiger partial charge in [-0.05, 0) is 43.3 Å². The Bertz CT molecular complexity index is 493. The molecule has 0 heterocycles. The molecule has 2 aromatic rings. The number of nitrogens with two attached hydrogens (primary N) is 1. The number of hydrogen-bond donors (Lipinski definition) is 1. The highest BCUT2D eigenvalue weighted by molar-refractivity contribution is 5.91. The van der Waals surface area contributed by atoms with Crippen molar-refractivity contribution in [2.45, 2.75) is 19.8 Å². The molecule has 0 fully saturated rings. The van der Waals surface area contributed by atoms with Crippen LogP contribution in [0.4, 0.5) is 0 Å². The lowest BCUT2D eigenvalue weighted by molar-refractivity contribution is 0.344. The topological polar surface area (TPSA) is 35.2 Å². The predicted octanol–water partition coefficient (Wildman–Crippen LogP) is 3.13. The second-order valence-corrected chi connectivity index (χ2v) is 4.09. The predicted molar refractivity (Wildman–Crippen MR) is 72.5 cm³/mol. The molecule has 90 valence electrons. The summed E-state index contributed by atoms with van der Waals surface area (Å²) in [5.74, 6) is 0.972. The van der Waals surface area contributed by atoms with E-state index in [1.165, 1.54) is 16.3 Å². The van der Waals surface area contributed by atoms with Gasteiger partial charge in [0.05, 0.1) is 6.61 Å². The molecule has 0 saturated carbocycles. The molecule has 0 bridgehead atoms. The minimum atomic E-state index is 0.701. The molecule has 2 N–H and O–H groups in total. The van der Waals surface area contributed by atoms with E-state index < -0.39 is 0 Å². The molecule has 0 saturated heterocycles. The van der Waals surface area contributed by atoms with E-state index in [4.69, 9.17) is 10.5 Å². The molecule has 2 aromatic carbocycles. The van der Waals surface area contributed by atoms with Crippen molar-refractivity contribution >= 4 is 10.8 Å². The number of rotatable bonds is 5. The first-order valence-electron chi connectivity index (χ1n) is 6.20. The fourth-order valence-corrected chi connectivity index (χ4v) is 2.13. The smallest absolute Gasteiger partial charge is 0.127 e. The maximum atomic E-state index is 5.65. The summed E-state index contributed by atoms with van der Waals surface area (Å²) in [7, 11) is 0. The highest BCUT2D eigenvalue weighted by atomic mass is 16.5. The van der Waals surface area contributed by atoms with Crippen LogP contribution in [0, 0.1) is 0 Å². The third-order valence-corrected chi connectivity index (χ3v) is 2.92. The van der Waals surface area contributed by atoms with E-state index in [0.29, 0.717) is 6.61 Å². The van der Waals surface area contributed by atoms with Crippen LogP contribution in [0.3, 0.4) is 0 Å². The second-order valence-electron chi connectivity index (χ2n) is 4.09. The van der Waals surface area contributed by atoms with Crippen molar-refractivity contribution in [1.82, 2.24) is 0 Å². The first-order valence-corrected chi connectivity index (χ1v) is 6.20. The third-order valence-electron chi connectivity index (χ3n) is 2.92. The average Bonchev–Trinajstić information content (AvgIpc) is 2.38. The van der Waals surface area contributed by atoms with Crippen molar-refractivity contribution in [2.75, 3.05) is 13.2 Å². The van der Waals surface area contributed by atoms with Crippen molar-refractivity contribution in [2.24, 2.45) is 5.73 Å². The Morgan fingerprint density at radius 3 is 2.53 bits per heavy atom. The van der Waals surface area contributed by atoms with Crippen molar-refractivity contribution in [3.8, 4) is 5.75 Å². The van der Waals surface area contributed by atoms with Crippen LogP contribution in [-0.2, 0) is 6.42 Å². The van der Waals surface area contributed by atoms with Gasteiger partial charge < -0.3 is 10.5 Å². The van der Waals surface area contributed by atoms with Crippen LogP contribution in [-0.4, -0.2) is 13.2 Å². The number of fused-ring (bicyclic) bond motifs is 1. The summed E-state index contributed by atoms with van der Waals surface area (Å²) in [4.78, 5) is 0. The molecule has 2 nitrogen and oxygen atoms in total. The standard InChI is InChI=1S/C15H19NO/c1-2-17-15-10-9-12(6-5-11-16)13-7-3-4-8-14(13)15/h3-4,7-10H,2,5-6,11,16H2,1H3. The van der Waals surface area contributed by atoms with Gasteiger partial charge in [0.15, 0.2) is 0 Å². The average molecular weight is 229 g/mol. The van der Waals surface area contributed by atoms with E-state index in [-0.39, 0.29) is 0 Å². The van der Waals surface area contributed by atoms with Gasteiger partial charge in [-0.1, -0.05) is 30.3 Å². The molecular weight excluding hydrogens is 210 g/mol. The van der Waals surface area contributed by atoms with Gasteiger partial charge in [-0.25, -0.2) is 0 Å². The normalized spacial score (nSPS) is 10.7. The van der Waals surface area contributed by atoms with Crippen LogP contribution < -0.4 is 10.5 Å². The summed E-state index contributed by atoms with van der Waals surface area (Å²) in [6.07, 6.45) is 2.06. The molecular formula is C15H19NO. The minimum Gasteiger partial charge on any atom is -0.493 e. The van der Waals surface area contributed by atoms with Gasteiger partial charge in [-0.15, -0.1) is 0 Å². The van der Waals surface area contributed by atoms with Crippen molar-refractivity contribution in [1.29, 1.82) is 0 Å². The Kier molecular flexibility index (Phi) is 3.99. The van der Waals surface area contributed by atoms with Crippen molar-refractivity contribution < 1.29 is 4.74 Å². The molecule has 0 aliphatic heterocycles. The second kappa shape index (κ2) is 5.69. The third kappa shape index (κ3) is 2.59. The molecule has 2 rings (SSSR count). The van der Waals surface area contributed by atoms with Crippen LogP contribution in [0.5, 0.6) is 5.75 Å². The molecule has 0 unspecified atom stereocenters. The van der Waals surface area contributed by atoms with E-state index in [1.54, 1.807) is 0 Å². The summed E-state index contributed by atoms with van der Waals surface area (Å²) >= 11 is 0. The number of aryl methyl sites for hydroxylation is 1. The summed E-state index contributed by atoms with van der Waals surface area (Å²) in [5, 5.41) is 2.48. The Morgan fingerprint density at radius 1 is 1.06 bits per heavy atom. The van der Waals surface area contributed by atoms with Crippen LogP contribution in [0.15, 0.2) is 36.4 Å². The summed E-state index contributed by atoms with van der Waals surface area (Å²) < 4.78 is 5.65. The van der Waals surface area contributed by atoms with Crippen LogP contribution in [0.25, 0.3) is 10.8 Å². The summed E-state index contributed by atoms with van der Waals surface area (Å²) in [6.45, 7) is 3.45. The number of hydrogen-bond acceptors (Lipinski definition) is 2. The first kappa shape index (κ1) is 11.9. The Labute approximate surface area is 102 Å². The first-order chi connectivity index (χ1) is 8.36. The molecule has 0 spiro atoms. The lowest BCUT2D eigenvalue weighted by Gasteiger charge is -2.11. The molecule has 0 amide bonds. The lowest BCUT2D eigenvalue weighted by Crippen LogP contribution is -2.01. The van der Waals surface area contributed by atoms with E-state index in [0.717, 1.165) is 25.1 Å². The molecule has 0 aliphatic rings. The van der Waals surface area contributed by atoms with Gasteiger partial charge in [0.1, 0.15) is 5.75 Å². The van der Waals surface area contributed by atoms with E-state index in [1.807, 2.05) is 6.92 Å².